The summed E-state index contributed by atoms with van der Waals surface area (Å²) in [5.41, 5.74) is 2.07. The second kappa shape index (κ2) is 12.2. The van der Waals surface area contributed by atoms with E-state index < -0.39 is 0 Å². The fraction of sp³-hybridized carbons (Fsp3) is 0.667. The van der Waals surface area contributed by atoms with Crippen LogP contribution in [0.2, 0.25) is 0 Å². The molecule has 0 saturated heterocycles. The van der Waals surface area contributed by atoms with Crippen LogP contribution in [0.5, 0.6) is 5.75 Å². The van der Waals surface area contributed by atoms with Crippen LogP contribution in [0, 0.1) is 5.92 Å². The van der Waals surface area contributed by atoms with Gasteiger partial charge >= 0.3 is 0 Å². The fourth-order valence-electron chi connectivity index (χ4n) is 2.93. The predicted molar refractivity (Wildman–Crippen MR) is 111 cm³/mol. The smallest absolute Gasteiger partial charge is 0.166 e. The van der Waals surface area contributed by atoms with Crippen molar-refractivity contribution in [3.63, 3.8) is 0 Å². The van der Waals surface area contributed by atoms with E-state index in [9.17, 15) is 0 Å². The average molecular weight is 379 g/mol. The number of thioether (sulfide) groups is 1. The maximum absolute atomic E-state index is 5.69. The quantitative estimate of drug-likeness (QED) is 0.320. The molecular weight excluding hydrogens is 344 g/mol. The molecule has 0 bridgehead atoms. The summed E-state index contributed by atoms with van der Waals surface area (Å²) in [5, 5.41) is 1.01. The lowest BCUT2D eigenvalue weighted by molar-refractivity contribution is 0.118. The normalized spacial score (nSPS) is 12.6. The molecule has 1 aromatic heterocycles. The topological polar surface area (TPSA) is 47.1 Å². The van der Waals surface area contributed by atoms with Gasteiger partial charge in [-0.3, -0.25) is 0 Å². The molecule has 1 atom stereocenters. The van der Waals surface area contributed by atoms with Gasteiger partial charge in [-0.05, 0) is 50.2 Å². The second-order valence-corrected chi connectivity index (χ2v) is 7.82. The Morgan fingerprint density at radius 1 is 1.08 bits per heavy atom. The summed E-state index contributed by atoms with van der Waals surface area (Å²) in [6, 6.07) is 6.08. The number of benzene rings is 1. The van der Waals surface area contributed by atoms with Crippen LogP contribution in [-0.4, -0.2) is 35.5 Å². The van der Waals surface area contributed by atoms with Gasteiger partial charge in [-0.2, -0.15) is 0 Å². The van der Waals surface area contributed by atoms with Crippen molar-refractivity contribution in [1.82, 2.24) is 9.97 Å². The van der Waals surface area contributed by atoms with Gasteiger partial charge in [0.1, 0.15) is 5.75 Å². The summed E-state index contributed by atoms with van der Waals surface area (Å²) < 4.78 is 11.3. The third-order valence-corrected chi connectivity index (χ3v) is 5.46. The Labute approximate surface area is 162 Å². The number of ether oxygens (including phenoxy) is 2. The summed E-state index contributed by atoms with van der Waals surface area (Å²) in [7, 11) is 0. The molecule has 2 rings (SSSR count). The van der Waals surface area contributed by atoms with Gasteiger partial charge in [0.25, 0.3) is 0 Å². The zero-order valence-electron chi connectivity index (χ0n) is 16.6. The van der Waals surface area contributed by atoms with E-state index in [1.807, 2.05) is 30.0 Å². The SMILES string of the molecule is CCCOCCC(CC)CCCSc1nc2ccc(OCCC)cc2[nH]1. The summed E-state index contributed by atoms with van der Waals surface area (Å²) in [4.78, 5) is 8.09. The van der Waals surface area contributed by atoms with E-state index in [0.717, 1.165) is 66.3 Å². The number of hydrogen-bond acceptors (Lipinski definition) is 4. The number of aromatic amines is 1. The molecule has 0 spiro atoms. The Hall–Kier alpha value is -1.20. The molecule has 0 aliphatic heterocycles. The molecule has 0 saturated carbocycles. The van der Waals surface area contributed by atoms with Gasteiger partial charge in [-0.15, -0.1) is 0 Å². The number of rotatable bonds is 14. The van der Waals surface area contributed by atoms with Crippen LogP contribution in [0.3, 0.4) is 0 Å². The Bertz CT molecular complexity index is 629. The van der Waals surface area contributed by atoms with Crippen molar-refractivity contribution in [3.8, 4) is 5.75 Å². The third-order valence-electron chi connectivity index (χ3n) is 4.50. The number of imidazole rings is 1. The largest absolute Gasteiger partial charge is 0.494 e. The van der Waals surface area contributed by atoms with E-state index in [4.69, 9.17) is 9.47 Å². The second-order valence-electron chi connectivity index (χ2n) is 6.74. The van der Waals surface area contributed by atoms with Gasteiger partial charge in [-0.1, -0.05) is 39.0 Å². The average Bonchev–Trinajstić information content (AvgIpc) is 3.07. The number of hydrogen-bond donors (Lipinski definition) is 1. The number of nitrogens with one attached hydrogen (secondary N) is 1. The third kappa shape index (κ3) is 7.20. The molecule has 1 N–H and O–H groups in total. The number of H-pyrrole nitrogens is 1. The van der Waals surface area contributed by atoms with Gasteiger partial charge in [0.05, 0.1) is 17.6 Å². The molecule has 146 valence electrons. The van der Waals surface area contributed by atoms with Gasteiger partial charge in [0.15, 0.2) is 5.16 Å². The fourth-order valence-corrected chi connectivity index (χ4v) is 3.78. The minimum Gasteiger partial charge on any atom is -0.494 e. The lowest BCUT2D eigenvalue weighted by Gasteiger charge is -2.14. The van der Waals surface area contributed by atoms with Crippen LogP contribution >= 0.6 is 11.8 Å². The van der Waals surface area contributed by atoms with Crippen LogP contribution in [0.15, 0.2) is 23.4 Å². The molecule has 1 aromatic carbocycles. The van der Waals surface area contributed by atoms with E-state index in [1.165, 1.54) is 25.7 Å². The Morgan fingerprint density at radius 3 is 2.69 bits per heavy atom. The molecule has 2 aromatic rings. The predicted octanol–water partition coefficient (Wildman–Crippen LogP) is 6.07. The van der Waals surface area contributed by atoms with Crippen molar-refractivity contribution in [1.29, 1.82) is 0 Å². The molecule has 26 heavy (non-hydrogen) atoms. The van der Waals surface area contributed by atoms with Crippen LogP contribution in [0.1, 0.15) is 59.3 Å². The van der Waals surface area contributed by atoms with Crippen LogP contribution in [0.25, 0.3) is 11.0 Å². The molecule has 0 amide bonds. The molecule has 0 aliphatic rings. The van der Waals surface area contributed by atoms with Crippen LogP contribution in [0.4, 0.5) is 0 Å². The number of aromatic nitrogens is 2. The number of fused-ring (bicyclic) bond motifs is 1. The van der Waals surface area contributed by atoms with Gasteiger partial charge < -0.3 is 14.5 Å². The van der Waals surface area contributed by atoms with E-state index in [0.29, 0.717) is 0 Å². The van der Waals surface area contributed by atoms with Crippen LogP contribution < -0.4 is 4.74 Å². The first-order chi connectivity index (χ1) is 12.8. The van der Waals surface area contributed by atoms with Gasteiger partial charge in [-0.25, -0.2) is 4.98 Å². The van der Waals surface area contributed by atoms with Crippen molar-refractivity contribution in [2.45, 2.75) is 64.5 Å². The van der Waals surface area contributed by atoms with E-state index >= 15 is 0 Å². The molecule has 4 nitrogen and oxygen atoms in total. The highest BCUT2D eigenvalue weighted by atomic mass is 32.2. The zero-order valence-corrected chi connectivity index (χ0v) is 17.4. The summed E-state index contributed by atoms with van der Waals surface area (Å²) in [6.07, 6.45) is 7.05. The minimum absolute atomic E-state index is 0.753. The number of nitrogens with zero attached hydrogens (tertiary/aromatic N) is 1. The first kappa shape index (κ1) is 21.1. The lowest BCUT2D eigenvalue weighted by Crippen LogP contribution is -2.05. The van der Waals surface area contributed by atoms with Gasteiger partial charge in [0, 0.05) is 25.0 Å². The van der Waals surface area contributed by atoms with E-state index in [-0.39, 0.29) is 0 Å². The maximum atomic E-state index is 5.69. The molecule has 5 heteroatoms. The molecular formula is C21H34N2O2S. The Kier molecular flexibility index (Phi) is 9.93. The summed E-state index contributed by atoms with van der Waals surface area (Å²) in [6.45, 7) is 9.11. The monoisotopic (exact) mass is 378 g/mol. The van der Waals surface area contributed by atoms with Gasteiger partial charge in [0.2, 0.25) is 0 Å². The van der Waals surface area contributed by atoms with Crippen molar-refractivity contribution < 1.29 is 9.47 Å². The summed E-state index contributed by atoms with van der Waals surface area (Å²) >= 11 is 1.82. The molecule has 1 unspecified atom stereocenters. The molecule has 0 fully saturated rings. The highest BCUT2D eigenvalue weighted by molar-refractivity contribution is 7.99. The molecule has 1 heterocycles. The molecule has 0 radical (unpaired) electrons. The van der Waals surface area contributed by atoms with E-state index in [1.54, 1.807) is 0 Å². The highest BCUT2D eigenvalue weighted by Gasteiger charge is 2.08. The Balaban J connectivity index is 1.73. The first-order valence-corrected chi connectivity index (χ1v) is 11.1. The zero-order chi connectivity index (χ0) is 18.6. The highest BCUT2D eigenvalue weighted by Crippen LogP contribution is 2.25. The maximum Gasteiger partial charge on any atom is 0.166 e. The first-order valence-electron chi connectivity index (χ1n) is 10.1. The summed E-state index contributed by atoms with van der Waals surface area (Å²) in [5.74, 6) is 2.79. The standard InChI is InChI=1S/C21H34N2O2S/c1-4-12-24-14-11-17(6-3)8-7-15-26-21-22-19-10-9-18(25-13-5-2)16-20(19)23-21/h9-10,16-17H,4-8,11-15H2,1-3H3,(H,22,23). The minimum atomic E-state index is 0.753. The molecule has 0 aliphatic carbocycles. The van der Waals surface area contributed by atoms with Crippen molar-refractivity contribution in [3.05, 3.63) is 18.2 Å². The van der Waals surface area contributed by atoms with Crippen LogP contribution in [-0.2, 0) is 4.74 Å². The lowest BCUT2D eigenvalue weighted by atomic mass is 9.98. The van der Waals surface area contributed by atoms with Crippen molar-refractivity contribution in [2.75, 3.05) is 25.6 Å². The van der Waals surface area contributed by atoms with E-state index in [2.05, 4.69) is 30.7 Å². The Morgan fingerprint density at radius 2 is 1.92 bits per heavy atom. The van der Waals surface area contributed by atoms with Crippen molar-refractivity contribution in [2.24, 2.45) is 5.92 Å². The van der Waals surface area contributed by atoms with Crippen molar-refractivity contribution >= 4 is 22.8 Å².